The average Bonchev–Trinajstić information content (AvgIpc) is 2.48. The molecule has 0 aliphatic rings. The summed E-state index contributed by atoms with van der Waals surface area (Å²) in [6.07, 6.45) is 1.60. The summed E-state index contributed by atoms with van der Waals surface area (Å²) in [6.45, 7) is 3.94. The third kappa shape index (κ3) is 3.46. The molecule has 0 spiro atoms. The summed E-state index contributed by atoms with van der Waals surface area (Å²) in [5, 5.41) is 1.36. The van der Waals surface area contributed by atoms with Crippen LogP contribution in [0.4, 0.5) is 0 Å². The van der Waals surface area contributed by atoms with Crippen molar-refractivity contribution in [1.29, 1.82) is 0 Å². The van der Waals surface area contributed by atoms with Gasteiger partial charge < -0.3 is 4.74 Å². The van der Waals surface area contributed by atoms with Gasteiger partial charge in [0.15, 0.2) is 5.16 Å². The number of ether oxygens (including phenoxy) is 1. The van der Waals surface area contributed by atoms with E-state index >= 15 is 0 Å². The molecule has 2 aromatic rings. The molecule has 0 N–H and O–H groups in total. The third-order valence-corrected chi connectivity index (χ3v) is 3.92. The molecule has 1 aromatic heterocycles. The van der Waals surface area contributed by atoms with E-state index in [4.69, 9.17) is 11.6 Å². The smallest absolute Gasteiger partial charge is 0.316 e. The highest BCUT2D eigenvalue weighted by Gasteiger charge is 2.13. The molecule has 7 heteroatoms. The normalized spacial score (nSPS) is 10.6. The van der Waals surface area contributed by atoms with Gasteiger partial charge in [0.05, 0.1) is 23.8 Å². The first-order chi connectivity index (χ1) is 10.1. The summed E-state index contributed by atoms with van der Waals surface area (Å²) < 4.78 is 6.05. The van der Waals surface area contributed by atoms with Crippen molar-refractivity contribution >= 4 is 40.2 Å². The highest BCUT2D eigenvalue weighted by Crippen LogP contribution is 2.20. The van der Waals surface area contributed by atoms with E-state index in [-0.39, 0.29) is 17.3 Å². The Balaban J connectivity index is 2.54. The number of methoxy groups -OCH3 is 1. The first-order valence-electron chi connectivity index (χ1n) is 6.07. The van der Waals surface area contributed by atoms with Crippen LogP contribution in [0.15, 0.2) is 40.8 Å². The maximum Gasteiger partial charge on any atom is 0.316 e. The average molecular weight is 325 g/mol. The molecule has 0 fully saturated rings. The number of halogens is 1. The third-order valence-electron chi connectivity index (χ3n) is 2.74. The van der Waals surface area contributed by atoms with E-state index in [1.165, 1.54) is 11.7 Å². The zero-order valence-corrected chi connectivity index (χ0v) is 12.9. The van der Waals surface area contributed by atoms with E-state index in [1.807, 2.05) is 0 Å². The molecule has 0 aliphatic heterocycles. The summed E-state index contributed by atoms with van der Waals surface area (Å²) in [5.41, 5.74) is 0.326. The van der Waals surface area contributed by atoms with E-state index in [1.54, 1.807) is 24.3 Å². The van der Waals surface area contributed by atoms with E-state index in [2.05, 4.69) is 16.3 Å². The molecule has 0 saturated heterocycles. The molecule has 110 valence electrons. The number of fused-ring (bicyclic) bond motifs is 1. The lowest BCUT2D eigenvalue weighted by Gasteiger charge is -2.11. The van der Waals surface area contributed by atoms with Crippen molar-refractivity contribution in [3.63, 3.8) is 0 Å². The van der Waals surface area contributed by atoms with Gasteiger partial charge in [0, 0.05) is 11.6 Å². The Hall–Kier alpha value is -1.79. The first kappa shape index (κ1) is 15.6. The fraction of sp³-hybridized carbons (Fsp3) is 0.214. The highest BCUT2D eigenvalue weighted by atomic mass is 35.5. The van der Waals surface area contributed by atoms with Crippen LogP contribution >= 0.6 is 23.4 Å². The molecular formula is C14H13ClN2O3S. The van der Waals surface area contributed by atoms with Crippen LogP contribution in [0.5, 0.6) is 0 Å². The number of aromatic nitrogens is 2. The fourth-order valence-corrected chi connectivity index (χ4v) is 2.77. The molecule has 2 rings (SSSR count). The summed E-state index contributed by atoms with van der Waals surface area (Å²) in [7, 11) is 1.32. The molecule has 21 heavy (non-hydrogen) atoms. The van der Waals surface area contributed by atoms with Crippen LogP contribution in [0.3, 0.4) is 0 Å². The standard InChI is InChI=1S/C14H13ClN2O3S/c1-3-6-17-13(19)10-7-9(15)4-5-11(10)16-14(17)21-8-12(18)20-2/h3-5,7H,1,6,8H2,2H3. The van der Waals surface area contributed by atoms with Gasteiger partial charge in [-0.25, -0.2) is 4.98 Å². The van der Waals surface area contributed by atoms with Crippen molar-refractivity contribution in [1.82, 2.24) is 9.55 Å². The second-order valence-electron chi connectivity index (χ2n) is 4.13. The van der Waals surface area contributed by atoms with Gasteiger partial charge in [-0.05, 0) is 18.2 Å². The Labute approximate surface area is 130 Å². The molecule has 5 nitrogen and oxygen atoms in total. The molecule has 0 bridgehead atoms. The van der Waals surface area contributed by atoms with Crippen LogP contribution in [0.25, 0.3) is 10.9 Å². The molecule has 1 aromatic carbocycles. The molecule has 0 unspecified atom stereocenters. The Morgan fingerprint density at radius 1 is 1.57 bits per heavy atom. The number of allylic oxidation sites excluding steroid dienone is 1. The SMILES string of the molecule is C=CCn1c(SCC(=O)OC)nc2ccc(Cl)cc2c1=O. The van der Waals surface area contributed by atoms with E-state index in [0.29, 0.717) is 27.6 Å². The molecular weight excluding hydrogens is 312 g/mol. The molecule has 0 atom stereocenters. The number of carbonyl (C=O) groups is 1. The van der Waals surface area contributed by atoms with Crippen LogP contribution in [-0.4, -0.2) is 28.4 Å². The highest BCUT2D eigenvalue weighted by molar-refractivity contribution is 7.99. The Morgan fingerprint density at radius 2 is 2.33 bits per heavy atom. The fourth-order valence-electron chi connectivity index (χ4n) is 1.76. The lowest BCUT2D eigenvalue weighted by molar-refractivity contribution is -0.137. The minimum absolute atomic E-state index is 0.0825. The number of esters is 1. The van der Waals surface area contributed by atoms with Gasteiger partial charge in [-0.2, -0.15) is 0 Å². The van der Waals surface area contributed by atoms with Crippen LogP contribution in [-0.2, 0) is 16.1 Å². The van der Waals surface area contributed by atoms with Crippen molar-refractivity contribution in [2.24, 2.45) is 0 Å². The zero-order valence-electron chi connectivity index (χ0n) is 11.3. The number of thioether (sulfide) groups is 1. The number of hydrogen-bond acceptors (Lipinski definition) is 5. The Bertz CT molecular complexity index is 758. The van der Waals surface area contributed by atoms with Crippen LogP contribution in [0.2, 0.25) is 5.02 Å². The van der Waals surface area contributed by atoms with Crippen molar-refractivity contribution in [2.45, 2.75) is 11.7 Å². The van der Waals surface area contributed by atoms with Crippen LogP contribution in [0, 0.1) is 0 Å². The number of nitrogens with zero attached hydrogens (tertiary/aromatic N) is 2. The van der Waals surface area contributed by atoms with Crippen LogP contribution in [0.1, 0.15) is 0 Å². The Morgan fingerprint density at radius 3 is 3.00 bits per heavy atom. The van der Waals surface area contributed by atoms with Gasteiger partial charge in [-0.15, -0.1) is 6.58 Å². The predicted molar refractivity (Wildman–Crippen MR) is 84.0 cm³/mol. The number of hydrogen-bond donors (Lipinski definition) is 0. The molecule has 1 heterocycles. The van der Waals surface area contributed by atoms with Gasteiger partial charge in [0.1, 0.15) is 0 Å². The first-order valence-corrected chi connectivity index (χ1v) is 7.43. The second kappa shape index (κ2) is 6.78. The quantitative estimate of drug-likeness (QED) is 0.366. The van der Waals surface area contributed by atoms with Crippen molar-refractivity contribution in [3.8, 4) is 0 Å². The summed E-state index contributed by atoms with van der Waals surface area (Å²) >= 11 is 7.07. The second-order valence-corrected chi connectivity index (χ2v) is 5.50. The van der Waals surface area contributed by atoms with Crippen molar-refractivity contribution < 1.29 is 9.53 Å². The van der Waals surface area contributed by atoms with E-state index in [0.717, 1.165) is 11.8 Å². The van der Waals surface area contributed by atoms with E-state index in [9.17, 15) is 9.59 Å². The summed E-state index contributed by atoms with van der Waals surface area (Å²) in [5.74, 6) is -0.297. The van der Waals surface area contributed by atoms with Crippen molar-refractivity contribution in [3.05, 3.63) is 46.2 Å². The molecule has 0 saturated carbocycles. The topological polar surface area (TPSA) is 61.2 Å². The maximum absolute atomic E-state index is 12.5. The largest absolute Gasteiger partial charge is 0.468 e. The number of rotatable bonds is 5. The minimum Gasteiger partial charge on any atom is -0.468 e. The molecule has 0 radical (unpaired) electrons. The molecule has 0 aliphatic carbocycles. The van der Waals surface area contributed by atoms with Gasteiger partial charge in [-0.1, -0.05) is 29.4 Å². The number of carbonyl (C=O) groups excluding carboxylic acids is 1. The van der Waals surface area contributed by atoms with E-state index < -0.39 is 0 Å². The van der Waals surface area contributed by atoms with Crippen LogP contribution < -0.4 is 5.56 Å². The van der Waals surface area contributed by atoms with Gasteiger partial charge in [-0.3, -0.25) is 14.2 Å². The van der Waals surface area contributed by atoms with Crippen molar-refractivity contribution in [2.75, 3.05) is 12.9 Å². The zero-order chi connectivity index (χ0) is 15.4. The Kier molecular flexibility index (Phi) is 5.03. The maximum atomic E-state index is 12.5. The van der Waals surface area contributed by atoms with Gasteiger partial charge in [0.25, 0.3) is 5.56 Å². The summed E-state index contributed by atoms with van der Waals surface area (Å²) in [6, 6.07) is 4.93. The lowest BCUT2D eigenvalue weighted by atomic mass is 10.2. The number of benzene rings is 1. The predicted octanol–water partition coefficient (Wildman–Crippen LogP) is 2.50. The minimum atomic E-state index is -0.379. The van der Waals surface area contributed by atoms with Gasteiger partial charge >= 0.3 is 5.97 Å². The lowest BCUT2D eigenvalue weighted by Crippen LogP contribution is -2.23. The molecule has 0 amide bonds. The van der Waals surface area contributed by atoms with Gasteiger partial charge in [0.2, 0.25) is 0 Å². The monoisotopic (exact) mass is 324 g/mol. The summed E-state index contributed by atoms with van der Waals surface area (Å²) in [4.78, 5) is 28.2.